The summed E-state index contributed by atoms with van der Waals surface area (Å²) in [5, 5.41) is 3.24. The Labute approximate surface area is 177 Å². The molecule has 0 bridgehead atoms. The summed E-state index contributed by atoms with van der Waals surface area (Å²) in [5.41, 5.74) is 1.63. The molecule has 2 aromatic rings. The molecule has 0 aromatic heterocycles. The number of rotatable bonds is 5. The molecule has 0 saturated heterocycles. The van der Waals surface area contributed by atoms with E-state index in [9.17, 15) is 13.2 Å². The Hall–Kier alpha value is -1.77. The Balaban J connectivity index is 1.94. The van der Waals surface area contributed by atoms with Crippen LogP contribution in [-0.4, -0.2) is 20.4 Å². The van der Waals surface area contributed by atoms with Gasteiger partial charge in [0.25, 0.3) is 15.9 Å². The van der Waals surface area contributed by atoms with Gasteiger partial charge in [-0.1, -0.05) is 31.5 Å². The van der Waals surface area contributed by atoms with Gasteiger partial charge in [-0.3, -0.25) is 9.52 Å². The Morgan fingerprint density at radius 2 is 2.00 bits per heavy atom. The second-order valence-electron chi connectivity index (χ2n) is 7.07. The molecule has 1 unspecified atom stereocenters. The molecule has 1 atom stereocenters. The Kier molecular flexibility index (Phi) is 5.93. The third-order valence-electron chi connectivity index (χ3n) is 4.25. The molecule has 0 saturated carbocycles. The van der Waals surface area contributed by atoms with Crippen LogP contribution in [0.4, 0.5) is 11.4 Å². The maximum absolute atomic E-state index is 12.9. The Morgan fingerprint density at radius 1 is 1.29 bits per heavy atom. The summed E-state index contributed by atoms with van der Waals surface area (Å²) in [6, 6.07) is 7.85. The van der Waals surface area contributed by atoms with Crippen LogP contribution in [0.15, 0.2) is 39.7 Å². The fourth-order valence-corrected chi connectivity index (χ4v) is 5.09. The molecule has 1 aliphatic heterocycles. The number of carbonyl (C=O) groups excluding carboxylic acids is 1. The number of aryl methyl sites for hydroxylation is 1. The number of amides is 1. The van der Waals surface area contributed by atoms with Crippen LogP contribution in [0.1, 0.15) is 25.8 Å². The number of fused-ring (bicyclic) bond motifs is 1. The number of benzene rings is 2. The second-order valence-corrected chi connectivity index (χ2v) is 9.99. The fourth-order valence-electron chi connectivity index (χ4n) is 2.81. The number of hydrogen-bond acceptors (Lipinski definition) is 4. The van der Waals surface area contributed by atoms with Gasteiger partial charge in [-0.25, -0.2) is 8.42 Å². The van der Waals surface area contributed by atoms with E-state index in [1.807, 2.05) is 20.8 Å². The molecule has 0 fully saturated rings. The van der Waals surface area contributed by atoms with Gasteiger partial charge in [-0.05, 0) is 59.0 Å². The van der Waals surface area contributed by atoms with E-state index in [4.69, 9.17) is 16.3 Å². The molecule has 0 aliphatic carbocycles. The maximum atomic E-state index is 12.9. The lowest BCUT2D eigenvalue weighted by Gasteiger charge is -2.27. The minimum Gasteiger partial charge on any atom is -0.478 e. The predicted octanol–water partition coefficient (Wildman–Crippen LogP) is 4.96. The van der Waals surface area contributed by atoms with E-state index in [2.05, 4.69) is 26.0 Å². The molecule has 6 nitrogen and oxygen atoms in total. The molecule has 2 aromatic carbocycles. The van der Waals surface area contributed by atoms with Crippen molar-refractivity contribution >= 4 is 54.8 Å². The van der Waals surface area contributed by atoms with Crippen LogP contribution in [0.5, 0.6) is 5.75 Å². The van der Waals surface area contributed by atoms with Gasteiger partial charge in [-0.15, -0.1) is 0 Å². The zero-order valence-corrected chi connectivity index (χ0v) is 18.7. The first kappa shape index (κ1) is 21.0. The van der Waals surface area contributed by atoms with Crippen molar-refractivity contribution in [2.45, 2.75) is 38.2 Å². The maximum Gasteiger partial charge on any atom is 0.265 e. The van der Waals surface area contributed by atoms with E-state index < -0.39 is 16.1 Å². The van der Waals surface area contributed by atoms with Gasteiger partial charge >= 0.3 is 0 Å². The molecule has 1 heterocycles. The molecular weight excluding hydrogens is 468 g/mol. The van der Waals surface area contributed by atoms with Gasteiger partial charge in [0.2, 0.25) is 0 Å². The Morgan fingerprint density at radius 3 is 2.64 bits per heavy atom. The summed E-state index contributed by atoms with van der Waals surface area (Å²) < 4.78 is 34.4. The topological polar surface area (TPSA) is 84.5 Å². The van der Waals surface area contributed by atoms with Crippen molar-refractivity contribution in [2.75, 3.05) is 10.0 Å². The number of sulfonamides is 1. The van der Waals surface area contributed by atoms with Crippen molar-refractivity contribution in [1.82, 2.24) is 0 Å². The SMILES string of the molecule is Cc1ccc(NS(=O)(=O)c2cc3c(cc2Br)NC(=O)C(CC(C)C)O3)cc1Cl. The first-order valence-corrected chi connectivity index (χ1v) is 11.3. The van der Waals surface area contributed by atoms with Gasteiger partial charge in [0.05, 0.1) is 11.4 Å². The van der Waals surface area contributed by atoms with Crippen LogP contribution in [0.3, 0.4) is 0 Å². The molecule has 1 aliphatic rings. The molecule has 2 N–H and O–H groups in total. The fraction of sp³-hybridized carbons (Fsp3) is 0.316. The smallest absolute Gasteiger partial charge is 0.265 e. The van der Waals surface area contributed by atoms with Crippen molar-refractivity contribution in [3.05, 3.63) is 45.4 Å². The summed E-state index contributed by atoms with van der Waals surface area (Å²) in [6.07, 6.45) is -0.128. The molecular formula is C19H20BrClN2O4S. The highest BCUT2D eigenvalue weighted by atomic mass is 79.9. The number of nitrogens with one attached hydrogen (secondary N) is 2. The zero-order chi connectivity index (χ0) is 20.6. The monoisotopic (exact) mass is 486 g/mol. The van der Waals surface area contributed by atoms with Crippen molar-refractivity contribution in [2.24, 2.45) is 5.92 Å². The van der Waals surface area contributed by atoms with E-state index in [-0.39, 0.29) is 16.7 Å². The van der Waals surface area contributed by atoms with Gasteiger partial charge in [0, 0.05) is 15.6 Å². The van der Waals surface area contributed by atoms with Crippen molar-refractivity contribution < 1.29 is 17.9 Å². The van der Waals surface area contributed by atoms with Crippen molar-refractivity contribution in [3.63, 3.8) is 0 Å². The van der Waals surface area contributed by atoms with E-state index in [1.54, 1.807) is 18.2 Å². The van der Waals surface area contributed by atoms with E-state index in [0.29, 0.717) is 33.0 Å². The lowest BCUT2D eigenvalue weighted by atomic mass is 10.0. The van der Waals surface area contributed by atoms with Crippen LogP contribution >= 0.6 is 27.5 Å². The number of anilines is 2. The third kappa shape index (κ3) is 4.45. The molecule has 0 radical (unpaired) electrons. The normalized spacial score (nSPS) is 16.4. The zero-order valence-electron chi connectivity index (χ0n) is 15.5. The van der Waals surface area contributed by atoms with Crippen molar-refractivity contribution in [3.8, 4) is 5.75 Å². The summed E-state index contributed by atoms with van der Waals surface area (Å²) >= 11 is 9.36. The summed E-state index contributed by atoms with van der Waals surface area (Å²) in [6.45, 7) is 5.81. The second kappa shape index (κ2) is 7.93. The Bertz CT molecular complexity index is 1040. The van der Waals surface area contributed by atoms with E-state index >= 15 is 0 Å². The van der Waals surface area contributed by atoms with Gasteiger partial charge in [-0.2, -0.15) is 0 Å². The average Bonchev–Trinajstić information content (AvgIpc) is 2.58. The average molecular weight is 488 g/mol. The molecule has 3 rings (SSSR count). The van der Waals surface area contributed by atoms with Crippen LogP contribution in [-0.2, 0) is 14.8 Å². The lowest BCUT2D eigenvalue weighted by Crippen LogP contribution is -2.38. The van der Waals surface area contributed by atoms with E-state index in [0.717, 1.165) is 5.56 Å². The number of ether oxygens (including phenoxy) is 1. The quantitative estimate of drug-likeness (QED) is 0.624. The van der Waals surface area contributed by atoms with Crippen molar-refractivity contribution in [1.29, 1.82) is 0 Å². The largest absolute Gasteiger partial charge is 0.478 e. The predicted molar refractivity (Wildman–Crippen MR) is 114 cm³/mol. The molecule has 0 spiro atoms. The molecule has 150 valence electrons. The highest BCUT2D eigenvalue weighted by molar-refractivity contribution is 9.10. The highest BCUT2D eigenvalue weighted by Gasteiger charge is 2.31. The first-order valence-electron chi connectivity index (χ1n) is 8.67. The number of halogens is 2. The lowest BCUT2D eigenvalue weighted by molar-refractivity contribution is -0.124. The minimum atomic E-state index is -3.91. The third-order valence-corrected chi connectivity index (χ3v) is 7.00. The standard InChI is InChI=1S/C19H20BrClN2O4S/c1-10(2)6-17-19(24)22-15-8-13(20)18(9-16(15)27-17)28(25,26)23-12-5-4-11(3)14(21)7-12/h4-5,7-10,17,23H,6H2,1-3H3,(H,22,24). The van der Waals surface area contributed by atoms with Crippen LogP contribution in [0.2, 0.25) is 5.02 Å². The van der Waals surface area contributed by atoms with Gasteiger partial charge in [0.1, 0.15) is 10.6 Å². The highest BCUT2D eigenvalue weighted by Crippen LogP contribution is 2.38. The summed E-state index contributed by atoms with van der Waals surface area (Å²) in [7, 11) is -3.91. The molecule has 28 heavy (non-hydrogen) atoms. The number of hydrogen-bond donors (Lipinski definition) is 2. The van der Waals surface area contributed by atoms with E-state index in [1.165, 1.54) is 12.1 Å². The first-order chi connectivity index (χ1) is 13.1. The molecule has 9 heteroatoms. The summed E-state index contributed by atoms with van der Waals surface area (Å²) in [4.78, 5) is 12.2. The van der Waals surface area contributed by atoms with Crippen LogP contribution < -0.4 is 14.8 Å². The molecule has 1 amide bonds. The minimum absolute atomic E-state index is 0.00222. The van der Waals surface area contributed by atoms with Gasteiger partial charge in [0.15, 0.2) is 6.10 Å². The van der Waals surface area contributed by atoms with Crippen LogP contribution in [0.25, 0.3) is 0 Å². The van der Waals surface area contributed by atoms with Crippen LogP contribution in [0, 0.1) is 12.8 Å². The van der Waals surface area contributed by atoms with Gasteiger partial charge < -0.3 is 10.1 Å². The summed E-state index contributed by atoms with van der Waals surface area (Å²) in [5.74, 6) is 0.329. The number of carbonyl (C=O) groups is 1.